The Morgan fingerprint density at radius 2 is 2.35 bits per heavy atom. The van der Waals surface area contributed by atoms with Gasteiger partial charge >= 0.3 is 0 Å². The summed E-state index contributed by atoms with van der Waals surface area (Å²) in [5.41, 5.74) is 6.68. The molecule has 2 rings (SSSR count). The van der Waals surface area contributed by atoms with Gasteiger partial charge in [-0.3, -0.25) is 4.79 Å². The number of anilines is 1. The van der Waals surface area contributed by atoms with Gasteiger partial charge in [-0.25, -0.2) is 0 Å². The van der Waals surface area contributed by atoms with E-state index in [-0.39, 0.29) is 15.9 Å². The quantitative estimate of drug-likeness (QED) is 0.480. The molecule has 0 bridgehead atoms. The van der Waals surface area contributed by atoms with Crippen LogP contribution in [0.15, 0.2) is 24.3 Å². The normalized spacial score (nSPS) is 23.6. The fourth-order valence-electron chi connectivity index (χ4n) is 2.95. The number of primary amides is 1. The first-order chi connectivity index (χ1) is 9.58. The first-order valence-corrected chi connectivity index (χ1v) is 8.17. The lowest BCUT2D eigenvalue weighted by molar-refractivity contribution is -0.123. The second kappa shape index (κ2) is 6.65. The first kappa shape index (κ1) is 15.4. The number of hydrogen-bond donors (Lipinski definition) is 1. The van der Waals surface area contributed by atoms with Gasteiger partial charge in [-0.15, -0.1) is 0 Å². The molecular formula is C15H21IN2O2. The van der Waals surface area contributed by atoms with E-state index in [4.69, 9.17) is 10.5 Å². The van der Waals surface area contributed by atoms with E-state index >= 15 is 0 Å². The molecule has 1 aliphatic rings. The molecule has 1 saturated heterocycles. The van der Waals surface area contributed by atoms with Crippen molar-refractivity contribution >= 4 is 34.2 Å². The van der Waals surface area contributed by atoms with Crippen molar-refractivity contribution in [1.82, 2.24) is 0 Å². The summed E-state index contributed by atoms with van der Waals surface area (Å²) in [6, 6.07) is 8.06. The predicted molar refractivity (Wildman–Crippen MR) is 89.2 cm³/mol. The number of benzene rings is 1. The zero-order chi connectivity index (χ0) is 14.7. The molecule has 0 radical (unpaired) electrons. The second-order valence-electron chi connectivity index (χ2n) is 5.14. The molecule has 0 aliphatic carbocycles. The molecule has 110 valence electrons. The highest BCUT2D eigenvalue weighted by Gasteiger charge is 2.39. The molecule has 1 fully saturated rings. The van der Waals surface area contributed by atoms with Crippen LogP contribution in [0.3, 0.4) is 0 Å². The van der Waals surface area contributed by atoms with Gasteiger partial charge in [0.1, 0.15) is 5.75 Å². The van der Waals surface area contributed by atoms with Crippen LogP contribution in [-0.4, -0.2) is 23.6 Å². The van der Waals surface area contributed by atoms with Gasteiger partial charge in [0, 0.05) is 30.1 Å². The van der Waals surface area contributed by atoms with Gasteiger partial charge in [0.2, 0.25) is 5.91 Å². The Bertz CT molecular complexity index is 481. The highest BCUT2D eigenvalue weighted by molar-refractivity contribution is 14.1. The number of hydrogen-bond acceptors (Lipinski definition) is 3. The van der Waals surface area contributed by atoms with E-state index in [1.54, 1.807) is 7.11 Å². The largest absolute Gasteiger partial charge is 0.497 e. The maximum absolute atomic E-state index is 11.6. The number of alkyl halides is 1. The molecule has 3 atom stereocenters. The Hall–Kier alpha value is -0.980. The summed E-state index contributed by atoms with van der Waals surface area (Å²) in [7, 11) is 1.67. The number of carbonyl (C=O) groups is 1. The highest BCUT2D eigenvalue weighted by Crippen LogP contribution is 2.39. The van der Waals surface area contributed by atoms with E-state index in [9.17, 15) is 4.79 Å². The molecular weight excluding hydrogens is 367 g/mol. The molecule has 1 aliphatic heterocycles. The molecule has 2 N–H and O–H groups in total. The average molecular weight is 388 g/mol. The minimum Gasteiger partial charge on any atom is -0.497 e. The first-order valence-electron chi connectivity index (χ1n) is 6.92. The lowest BCUT2D eigenvalue weighted by Gasteiger charge is -2.28. The Balaban J connectivity index is 2.18. The summed E-state index contributed by atoms with van der Waals surface area (Å²) in [6.07, 6.45) is 1.82. The Morgan fingerprint density at radius 1 is 1.60 bits per heavy atom. The molecule has 1 heterocycles. The number of methoxy groups -OCH3 is 1. The van der Waals surface area contributed by atoms with Crippen LogP contribution < -0.4 is 15.4 Å². The molecule has 3 unspecified atom stereocenters. The summed E-state index contributed by atoms with van der Waals surface area (Å²) in [5.74, 6) is 0.972. The topological polar surface area (TPSA) is 55.6 Å². The Morgan fingerprint density at radius 3 is 2.95 bits per heavy atom. The molecule has 0 saturated carbocycles. The Labute approximate surface area is 133 Å². The number of amides is 1. The van der Waals surface area contributed by atoms with Crippen LogP contribution in [0.5, 0.6) is 5.75 Å². The summed E-state index contributed by atoms with van der Waals surface area (Å²) in [6.45, 7) is 2.99. The van der Waals surface area contributed by atoms with Crippen LogP contribution in [0.2, 0.25) is 0 Å². The van der Waals surface area contributed by atoms with Gasteiger partial charge in [0.25, 0.3) is 0 Å². The van der Waals surface area contributed by atoms with Crippen LogP contribution >= 0.6 is 22.6 Å². The second-order valence-corrected chi connectivity index (χ2v) is 6.41. The summed E-state index contributed by atoms with van der Waals surface area (Å²) >= 11 is 2.43. The van der Waals surface area contributed by atoms with Crippen molar-refractivity contribution in [2.24, 2.45) is 17.6 Å². The van der Waals surface area contributed by atoms with Gasteiger partial charge in [0.05, 0.1) is 11.2 Å². The molecule has 1 amide bonds. The molecule has 1 aromatic rings. The maximum atomic E-state index is 11.6. The fourth-order valence-corrected chi connectivity index (χ4v) is 4.41. The number of ether oxygens (including phenoxy) is 1. The van der Waals surface area contributed by atoms with E-state index in [2.05, 4.69) is 33.6 Å². The minimum atomic E-state index is -0.174. The van der Waals surface area contributed by atoms with Crippen molar-refractivity contribution in [2.75, 3.05) is 18.6 Å². The summed E-state index contributed by atoms with van der Waals surface area (Å²) in [4.78, 5) is 13.9. The van der Waals surface area contributed by atoms with Crippen LogP contribution in [-0.2, 0) is 4.79 Å². The maximum Gasteiger partial charge on any atom is 0.220 e. The van der Waals surface area contributed by atoms with E-state index in [1.165, 1.54) is 0 Å². The van der Waals surface area contributed by atoms with E-state index < -0.39 is 0 Å². The molecule has 20 heavy (non-hydrogen) atoms. The molecule has 4 nitrogen and oxygen atoms in total. The van der Waals surface area contributed by atoms with E-state index in [0.717, 1.165) is 30.8 Å². The minimum absolute atomic E-state index is 0.0347. The summed E-state index contributed by atoms with van der Waals surface area (Å²) < 4.78 is 5.57. The van der Waals surface area contributed by atoms with Crippen molar-refractivity contribution < 1.29 is 9.53 Å². The van der Waals surface area contributed by atoms with Gasteiger partial charge in [-0.2, -0.15) is 0 Å². The van der Waals surface area contributed by atoms with Gasteiger partial charge in [-0.05, 0) is 25.0 Å². The molecule has 0 aromatic heterocycles. The predicted octanol–water partition coefficient (Wildman–Crippen LogP) is 2.79. The lowest BCUT2D eigenvalue weighted by atomic mass is 9.89. The van der Waals surface area contributed by atoms with Crippen LogP contribution in [0, 0.1) is 11.8 Å². The zero-order valence-electron chi connectivity index (χ0n) is 11.9. The van der Waals surface area contributed by atoms with Gasteiger partial charge in [-0.1, -0.05) is 35.6 Å². The number of rotatable bonds is 5. The van der Waals surface area contributed by atoms with Crippen LogP contribution in [0.1, 0.15) is 19.8 Å². The van der Waals surface area contributed by atoms with E-state index in [0.29, 0.717) is 5.92 Å². The number of carbonyl (C=O) groups excluding carboxylic acids is 1. The van der Waals surface area contributed by atoms with Crippen molar-refractivity contribution in [3.05, 3.63) is 24.3 Å². The molecule has 0 spiro atoms. The summed E-state index contributed by atoms with van der Waals surface area (Å²) in [5, 5.41) is 0. The third kappa shape index (κ3) is 3.02. The van der Waals surface area contributed by atoms with E-state index in [1.807, 2.05) is 25.1 Å². The van der Waals surface area contributed by atoms with Crippen LogP contribution in [0.4, 0.5) is 5.69 Å². The molecule has 1 aromatic carbocycles. The third-order valence-electron chi connectivity index (χ3n) is 4.06. The van der Waals surface area contributed by atoms with Crippen molar-refractivity contribution in [3.63, 3.8) is 0 Å². The van der Waals surface area contributed by atoms with Crippen molar-refractivity contribution in [2.45, 2.75) is 23.8 Å². The number of halogens is 1. The average Bonchev–Trinajstić information content (AvgIpc) is 2.81. The molecule has 5 heteroatoms. The Kier molecular flexibility index (Phi) is 5.12. The fraction of sp³-hybridized carbons (Fsp3) is 0.533. The standard InChI is InChI=1S/C15H21IN2O2/c1-3-12(15(17)19)13-7-8-18(14(13)16)10-5-4-6-11(9-10)20-2/h4-6,9,12-14H,3,7-8H2,1-2H3,(H2,17,19). The monoisotopic (exact) mass is 388 g/mol. The van der Waals surface area contributed by atoms with Crippen LogP contribution in [0.25, 0.3) is 0 Å². The van der Waals surface area contributed by atoms with Crippen molar-refractivity contribution in [3.8, 4) is 5.75 Å². The number of nitrogens with two attached hydrogens (primary N) is 1. The SMILES string of the molecule is CCC(C(N)=O)C1CCN(c2cccc(OC)c2)C1I. The smallest absolute Gasteiger partial charge is 0.220 e. The third-order valence-corrected chi connectivity index (χ3v) is 5.66. The van der Waals surface area contributed by atoms with Gasteiger partial charge in [0.15, 0.2) is 0 Å². The number of nitrogens with zero attached hydrogens (tertiary/aromatic N) is 1. The lowest BCUT2D eigenvalue weighted by Crippen LogP contribution is -2.35. The van der Waals surface area contributed by atoms with Gasteiger partial charge < -0.3 is 15.4 Å². The zero-order valence-corrected chi connectivity index (χ0v) is 14.0. The van der Waals surface area contributed by atoms with Crippen molar-refractivity contribution in [1.29, 1.82) is 0 Å². The highest BCUT2D eigenvalue weighted by atomic mass is 127.